The SMILES string of the molecule is CC(C)Cc1cc(-c2cccc(B(c3cccc(-c4ccccc4)c3)c3ccccn3)c2)nc(-c2ccccc2O)c1. The van der Waals surface area contributed by atoms with Crippen LogP contribution in [0.25, 0.3) is 33.6 Å². The van der Waals surface area contributed by atoms with E-state index in [1.807, 2.05) is 36.5 Å². The lowest BCUT2D eigenvalue weighted by Gasteiger charge is -2.17. The molecule has 6 aromatic rings. The van der Waals surface area contributed by atoms with Crippen molar-refractivity contribution in [3.8, 4) is 39.4 Å². The first kappa shape index (κ1) is 27.2. The van der Waals surface area contributed by atoms with Gasteiger partial charge in [0.15, 0.2) is 0 Å². The predicted octanol–water partition coefficient (Wildman–Crippen LogP) is 6.90. The number of hydrogen-bond donors (Lipinski definition) is 1. The molecule has 1 N–H and O–H groups in total. The zero-order chi connectivity index (χ0) is 28.9. The number of aromatic hydroxyl groups is 1. The summed E-state index contributed by atoms with van der Waals surface area (Å²) < 4.78 is 0. The second-order valence-electron chi connectivity index (χ2n) is 11.2. The number of pyridine rings is 2. The molecule has 3 nitrogen and oxygen atoms in total. The number of rotatable bonds is 8. The van der Waals surface area contributed by atoms with Crippen molar-refractivity contribution in [3.05, 3.63) is 145 Å². The van der Waals surface area contributed by atoms with Gasteiger partial charge in [0.1, 0.15) is 5.75 Å². The van der Waals surface area contributed by atoms with E-state index < -0.39 is 0 Å². The highest BCUT2D eigenvalue weighted by Crippen LogP contribution is 2.31. The van der Waals surface area contributed by atoms with Crippen molar-refractivity contribution in [3.63, 3.8) is 0 Å². The van der Waals surface area contributed by atoms with Crippen molar-refractivity contribution in [2.75, 3.05) is 0 Å². The molecule has 0 aliphatic rings. The Labute approximate surface area is 248 Å². The Morgan fingerprint density at radius 3 is 1.98 bits per heavy atom. The van der Waals surface area contributed by atoms with Crippen LogP contribution < -0.4 is 16.5 Å². The van der Waals surface area contributed by atoms with E-state index in [0.29, 0.717) is 5.92 Å². The maximum atomic E-state index is 10.6. The van der Waals surface area contributed by atoms with Gasteiger partial charge < -0.3 is 5.11 Å². The monoisotopic (exact) mass is 544 g/mol. The minimum atomic E-state index is -0.0497. The minimum Gasteiger partial charge on any atom is -0.507 e. The molecule has 6 rings (SSSR count). The molecule has 0 fully saturated rings. The molecule has 42 heavy (non-hydrogen) atoms. The van der Waals surface area contributed by atoms with Crippen LogP contribution in [0, 0.1) is 5.92 Å². The van der Waals surface area contributed by atoms with Crippen molar-refractivity contribution in [2.24, 2.45) is 5.92 Å². The van der Waals surface area contributed by atoms with E-state index in [-0.39, 0.29) is 12.5 Å². The highest BCUT2D eigenvalue weighted by Gasteiger charge is 2.24. The van der Waals surface area contributed by atoms with Crippen LogP contribution in [-0.4, -0.2) is 21.8 Å². The molecule has 0 atom stereocenters. The Kier molecular flexibility index (Phi) is 7.96. The van der Waals surface area contributed by atoms with Gasteiger partial charge >= 0.3 is 0 Å². The summed E-state index contributed by atoms with van der Waals surface area (Å²) in [4.78, 5) is 9.87. The van der Waals surface area contributed by atoms with E-state index in [1.54, 1.807) is 6.07 Å². The predicted molar refractivity (Wildman–Crippen MR) is 176 cm³/mol. The summed E-state index contributed by atoms with van der Waals surface area (Å²) in [5.41, 5.74) is 10.4. The second-order valence-corrected chi connectivity index (χ2v) is 11.2. The number of benzene rings is 4. The highest BCUT2D eigenvalue weighted by atomic mass is 16.3. The summed E-state index contributed by atoms with van der Waals surface area (Å²) in [6.45, 7) is 4.40. The Morgan fingerprint density at radius 2 is 1.26 bits per heavy atom. The number of phenolic OH excluding ortho intramolecular Hbond substituents is 1. The third kappa shape index (κ3) is 6.03. The fourth-order valence-corrected chi connectivity index (χ4v) is 5.64. The molecule has 0 unspecified atom stereocenters. The van der Waals surface area contributed by atoms with Crippen LogP contribution >= 0.6 is 0 Å². The van der Waals surface area contributed by atoms with E-state index in [9.17, 15) is 5.11 Å². The lowest BCUT2D eigenvalue weighted by Crippen LogP contribution is -2.53. The highest BCUT2D eigenvalue weighted by molar-refractivity contribution is 6.95. The van der Waals surface area contributed by atoms with Gasteiger partial charge in [-0.05, 0) is 71.0 Å². The Bertz CT molecular complexity index is 1800. The van der Waals surface area contributed by atoms with Crippen molar-refractivity contribution in [1.82, 2.24) is 9.97 Å². The summed E-state index contributed by atoms with van der Waals surface area (Å²) >= 11 is 0. The van der Waals surface area contributed by atoms with Crippen LogP contribution in [0.3, 0.4) is 0 Å². The molecule has 2 heterocycles. The number of para-hydroxylation sites is 1. The molecular weight excluding hydrogens is 511 g/mol. The first-order valence-corrected chi connectivity index (χ1v) is 14.5. The van der Waals surface area contributed by atoms with Crippen LogP contribution in [0.15, 0.2) is 140 Å². The maximum Gasteiger partial charge on any atom is 0.265 e. The summed E-state index contributed by atoms with van der Waals surface area (Å²) in [6.07, 6.45) is 2.79. The van der Waals surface area contributed by atoms with Crippen molar-refractivity contribution in [1.29, 1.82) is 0 Å². The van der Waals surface area contributed by atoms with Gasteiger partial charge in [-0.25, -0.2) is 4.98 Å². The molecule has 2 aromatic heterocycles. The van der Waals surface area contributed by atoms with Crippen LogP contribution in [0.1, 0.15) is 19.4 Å². The standard InChI is InChI=1S/C38H33BN2O/c1-27(2)22-28-23-35(41-36(24-28)34-18-6-7-19-37(34)42)31-15-11-17-33(26-31)39(38-20-8-9-21-40-38)32-16-10-14-30(25-32)29-12-4-3-5-13-29/h3-21,23-27,42H,22H2,1-2H3. The molecule has 0 aliphatic carbocycles. The average molecular weight is 545 g/mol. The van der Waals surface area contributed by atoms with Gasteiger partial charge in [-0.15, -0.1) is 0 Å². The quantitative estimate of drug-likeness (QED) is 0.212. The topological polar surface area (TPSA) is 46.0 Å². The molecule has 0 saturated heterocycles. The summed E-state index contributed by atoms with van der Waals surface area (Å²) in [6, 6.07) is 45.7. The number of aromatic nitrogens is 2. The molecule has 0 bridgehead atoms. The van der Waals surface area contributed by atoms with Gasteiger partial charge in [-0.1, -0.05) is 122 Å². The second kappa shape index (κ2) is 12.3. The van der Waals surface area contributed by atoms with Gasteiger partial charge in [0.2, 0.25) is 0 Å². The normalized spacial score (nSPS) is 11.0. The largest absolute Gasteiger partial charge is 0.507 e. The molecule has 0 spiro atoms. The third-order valence-corrected chi connectivity index (χ3v) is 7.54. The molecule has 0 saturated carbocycles. The van der Waals surface area contributed by atoms with E-state index in [1.165, 1.54) is 22.2 Å². The summed E-state index contributed by atoms with van der Waals surface area (Å²) in [5, 5.41) is 10.6. The van der Waals surface area contributed by atoms with E-state index in [0.717, 1.165) is 40.0 Å². The minimum absolute atomic E-state index is 0.0497. The molecule has 4 heteroatoms. The number of nitrogens with zero attached hydrogens (tertiary/aromatic N) is 2. The van der Waals surface area contributed by atoms with Crippen LogP contribution in [0.2, 0.25) is 0 Å². The van der Waals surface area contributed by atoms with E-state index in [2.05, 4.69) is 111 Å². The third-order valence-electron chi connectivity index (χ3n) is 7.54. The Hall–Kier alpha value is -4.96. The van der Waals surface area contributed by atoms with Crippen molar-refractivity contribution < 1.29 is 5.11 Å². The van der Waals surface area contributed by atoms with Gasteiger partial charge in [-0.2, -0.15) is 0 Å². The smallest absolute Gasteiger partial charge is 0.265 e. The first-order chi connectivity index (χ1) is 20.5. The lowest BCUT2D eigenvalue weighted by atomic mass is 9.38. The zero-order valence-electron chi connectivity index (χ0n) is 24.0. The van der Waals surface area contributed by atoms with Crippen LogP contribution in [-0.2, 0) is 6.42 Å². The number of hydrogen-bond acceptors (Lipinski definition) is 3. The average Bonchev–Trinajstić information content (AvgIpc) is 3.02. The fourth-order valence-electron chi connectivity index (χ4n) is 5.64. The van der Waals surface area contributed by atoms with Gasteiger partial charge in [-0.3, -0.25) is 4.98 Å². The number of phenols is 1. The molecule has 0 amide bonds. The van der Waals surface area contributed by atoms with Crippen LogP contribution in [0.4, 0.5) is 0 Å². The molecule has 204 valence electrons. The maximum absolute atomic E-state index is 10.6. The van der Waals surface area contributed by atoms with Gasteiger partial charge in [0, 0.05) is 17.4 Å². The van der Waals surface area contributed by atoms with E-state index in [4.69, 9.17) is 9.97 Å². The van der Waals surface area contributed by atoms with E-state index >= 15 is 0 Å². The first-order valence-electron chi connectivity index (χ1n) is 14.5. The van der Waals surface area contributed by atoms with Crippen molar-refractivity contribution >= 4 is 23.2 Å². The Balaban J connectivity index is 1.47. The molecular formula is C38H33BN2O. The molecule has 0 aliphatic heterocycles. The van der Waals surface area contributed by atoms with Crippen molar-refractivity contribution in [2.45, 2.75) is 20.3 Å². The summed E-state index contributed by atoms with van der Waals surface area (Å²) in [5.74, 6) is 0.731. The summed E-state index contributed by atoms with van der Waals surface area (Å²) in [7, 11) is 0. The van der Waals surface area contributed by atoms with Gasteiger partial charge in [0.25, 0.3) is 6.71 Å². The fraction of sp³-hybridized carbons (Fsp3) is 0.105. The van der Waals surface area contributed by atoms with Crippen LogP contribution in [0.5, 0.6) is 5.75 Å². The lowest BCUT2D eigenvalue weighted by molar-refractivity contribution is 0.477. The molecule has 0 radical (unpaired) electrons. The molecule has 4 aromatic carbocycles. The van der Waals surface area contributed by atoms with Gasteiger partial charge in [0.05, 0.1) is 11.4 Å². The Morgan fingerprint density at radius 1 is 0.619 bits per heavy atom. The zero-order valence-corrected chi connectivity index (χ0v) is 24.0.